The van der Waals surface area contributed by atoms with Gasteiger partial charge in [-0.3, -0.25) is 9.36 Å². The monoisotopic (exact) mass is 580 g/mol. The summed E-state index contributed by atoms with van der Waals surface area (Å²) in [7, 11) is 0. The van der Waals surface area contributed by atoms with E-state index in [0.717, 1.165) is 23.4 Å². The van der Waals surface area contributed by atoms with Gasteiger partial charge in [0, 0.05) is 11.4 Å². The largest absolute Gasteiger partial charge is 0.394 e. The predicted molar refractivity (Wildman–Crippen MR) is 161 cm³/mol. The first-order valence-corrected chi connectivity index (χ1v) is 14.0. The summed E-state index contributed by atoms with van der Waals surface area (Å²) in [5, 5.41) is 36.1. The van der Waals surface area contributed by atoms with Crippen LogP contribution in [0.1, 0.15) is 28.5 Å². The zero-order valence-electron chi connectivity index (χ0n) is 23.5. The number of nitrogens with zero attached hydrogens (tertiary/aromatic N) is 4. The molecule has 1 aliphatic rings. The molecule has 1 saturated heterocycles. The van der Waals surface area contributed by atoms with Crippen molar-refractivity contribution in [2.24, 2.45) is 0 Å². The Morgan fingerprint density at radius 2 is 1.51 bits per heavy atom. The number of carbonyl (C=O) groups excluding carboxylic acids is 1. The van der Waals surface area contributed by atoms with E-state index >= 15 is 0 Å². The van der Waals surface area contributed by atoms with Crippen LogP contribution in [0.15, 0.2) is 85.5 Å². The number of aliphatic hydroxyl groups excluding tert-OH is 3. The first-order valence-electron chi connectivity index (χ1n) is 14.0. The SMILES string of the molecule is Cc1ccc(Cc2ccc(NC(=O)Cc3ccc(Nc4ncnc5c4ncn5C4OC(CO)C(O)C4O)cc3)cc2)cc1. The highest BCUT2D eigenvalue weighted by Crippen LogP contribution is 2.32. The molecule has 5 N–H and O–H groups in total. The Morgan fingerprint density at radius 3 is 2.19 bits per heavy atom. The molecule has 1 fully saturated rings. The highest BCUT2D eigenvalue weighted by atomic mass is 16.6. The Kier molecular flexibility index (Phi) is 8.12. The van der Waals surface area contributed by atoms with Gasteiger partial charge in [-0.2, -0.15) is 0 Å². The van der Waals surface area contributed by atoms with Gasteiger partial charge < -0.3 is 30.7 Å². The van der Waals surface area contributed by atoms with E-state index in [1.54, 1.807) is 0 Å². The molecule has 3 heterocycles. The number of carbonyl (C=O) groups is 1. The summed E-state index contributed by atoms with van der Waals surface area (Å²) in [6, 6.07) is 23.8. The molecule has 2 aromatic heterocycles. The van der Waals surface area contributed by atoms with Gasteiger partial charge in [0.1, 0.15) is 24.6 Å². The van der Waals surface area contributed by atoms with Gasteiger partial charge in [-0.25, -0.2) is 15.0 Å². The van der Waals surface area contributed by atoms with Gasteiger partial charge in [-0.05, 0) is 54.3 Å². The zero-order chi connectivity index (χ0) is 29.9. The van der Waals surface area contributed by atoms with Crippen molar-refractivity contribution in [1.29, 1.82) is 0 Å². The number of nitrogens with one attached hydrogen (secondary N) is 2. The van der Waals surface area contributed by atoms with Crippen LogP contribution in [0.5, 0.6) is 0 Å². The number of aliphatic hydroxyl groups is 3. The summed E-state index contributed by atoms with van der Waals surface area (Å²) in [4.78, 5) is 25.7. The van der Waals surface area contributed by atoms with Gasteiger partial charge in [0.05, 0.1) is 19.4 Å². The molecule has 4 unspecified atom stereocenters. The quantitative estimate of drug-likeness (QED) is 0.177. The highest BCUT2D eigenvalue weighted by molar-refractivity contribution is 5.92. The van der Waals surface area contributed by atoms with E-state index in [9.17, 15) is 20.1 Å². The maximum atomic E-state index is 12.7. The molecule has 11 heteroatoms. The molecule has 0 spiro atoms. The maximum Gasteiger partial charge on any atom is 0.228 e. The molecule has 220 valence electrons. The molecule has 0 bridgehead atoms. The van der Waals surface area contributed by atoms with Gasteiger partial charge in [-0.15, -0.1) is 0 Å². The summed E-state index contributed by atoms with van der Waals surface area (Å²) in [5.41, 5.74) is 6.82. The number of aryl methyl sites for hydroxylation is 1. The molecule has 1 amide bonds. The smallest absolute Gasteiger partial charge is 0.228 e. The summed E-state index contributed by atoms with van der Waals surface area (Å²) in [6.45, 7) is 1.65. The summed E-state index contributed by atoms with van der Waals surface area (Å²) >= 11 is 0. The van der Waals surface area contributed by atoms with E-state index in [1.807, 2.05) is 48.5 Å². The third-order valence-corrected chi connectivity index (χ3v) is 7.50. The molecule has 6 rings (SSSR count). The topological polar surface area (TPSA) is 155 Å². The van der Waals surface area contributed by atoms with Crippen LogP contribution in [0.2, 0.25) is 0 Å². The fourth-order valence-electron chi connectivity index (χ4n) is 5.12. The minimum absolute atomic E-state index is 0.111. The lowest BCUT2D eigenvalue weighted by Gasteiger charge is -2.16. The van der Waals surface area contributed by atoms with Crippen molar-refractivity contribution >= 4 is 34.3 Å². The molecule has 3 aromatic carbocycles. The Balaban J connectivity index is 1.06. The van der Waals surface area contributed by atoms with Crippen molar-refractivity contribution in [2.45, 2.75) is 44.3 Å². The number of hydrogen-bond donors (Lipinski definition) is 5. The summed E-state index contributed by atoms with van der Waals surface area (Å²) in [6.07, 6.45) is -0.490. The molecule has 4 atom stereocenters. The molecule has 43 heavy (non-hydrogen) atoms. The number of benzene rings is 3. The highest BCUT2D eigenvalue weighted by Gasteiger charge is 2.44. The average molecular weight is 581 g/mol. The van der Waals surface area contributed by atoms with Gasteiger partial charge >= 0.3 is 0 Å². The van der Waals surface area contributed by atoms with Crippen LogP contribution in [-0.4, -0.2) is 65.7 Å². The van der Waals surface area contributed by atoms with Crippen molar-refractivity contribution in [3.63, 3.8) is 0 Å². The van der Waals surface area contributed by atoms with Crippen LogP contribution < -0.4 is 10.6 Å². The zero-order valence-corrected chi connectivity index (χ0v) is 23.5. The first kappa shape index (κ1) is 28.4. The Labute approximate surface area is 247 Å². The van der Waals surface area contributed by atoms with Gasteiger partial charge in [0.15, 0.2) is 23.2 Å². The number of fused-ring (bicyclic) bond motifs is 1. The number of anilines is 3. The van der Waals surface area contributed by atoms with E-state index in [2.05, 4.69) is 56.8 Å². The fourth-order valence-corrected chi connectivity index (χ4v) is 5.12. The van der Waals surface area contributed by atoms with E-state index in [4.69, 9.17) is 4.74 Å². The number of imidazole rings is 1. The molecule has 0 radical (unpaired) electrons. The first-order chi connectivity index (χ1) is 20.9. The number of ether oxygens (including phenoxy) is 1. The van der Waals surface area contributed by atoms with Crippen molar-refractivity contribution in [3.05, 3.63) is 108 Å². The lowest BCUT2D eigenvalue weighted by Crippen LogP contribution is -2.33. The lowest BCUT2D eigenvalue weighted by atomic mass is 10.0. The van der Waals surface area contributed by atoms with E-state index in [0.29, 0.717) is 17.0 Å². The Bertz CT molecular complexity index is 1710. The number of hydrogen-bond acceptors (Lipinski definition) is 9. The third kappa shape index (κ3) is 6.25. The van der Waals surface area contributed by atoms with Gasteiger partial charge in [-0.1, -0.05) is 54.1 Å². The second kappa shape index (κ2) is 12.3. The minimum Gasteiger partial charge on any atom is -0.394 e. The third-order valence-electron chi connectivity index (χ3n) is 7.50. The summed E-state index contributed by atoms with van der Waals surface area (Å²) < 4.78 is 7.12. The minimum atomic E-state index is -1.26. The van der Waals surface area contributed by atoms with Crippen molar-refractivity contribution < 1.29 is 24.9 Å². The van der Waals surface area contributed by atoms with Crippen LogP contribution >= 0.6 is 0 Å². The maximum absolute atomic E-state index is 12.7. The Morgan fingerprint density at radius 1 is 0.860 bits per heavy atom. The number of amides is 1. The Hall–Kier alpha value is -4.68. The van der Waals surface area contributed by atoms with Gasteiger partial charge in [0.2, 0.25) is 5.91 Å². The molecule has 0 aliphatic carbocycles. The second-order valence-electron chi connectivity index (χ2n) is 10.7. The van der Waals surface area contributed by atoms with Crippen molar-refractivity contribution in [1.82, 2.24) is 19.5 Å². The fraction of sp³-hybridized carbons (Fsp3) is 0.250. The number of aromatic nitrogens is 4. The molecular weight excluding hydrogens is 548 g/mol. The van der Waals surface area contributed by atoms with E-state index < -0.39 is 31.1 Å². The van der Waals surface area contributed by atoms with Crippen molar-refractivity contribution in [2.75, 3.05) is 17.2 Å². The van der Waals surface area contributed by atoms with Crippen LogP contribution in [0.4, 0.5) is 17.2 Å². The predicted octanol–water partition coefficient (Wildman–Crippen LogP) is 3.26. The molecule has 5 aromatic rings. The summed E-state index contributed by atoms with van der Waals surface area (Å²) in [5.74, 6) is 0.326. The average Bonchev–Trinajstić information content (AvgIpc) is 3.57. The second-order valence-corrected chi connectivity index (χ2v) is 10.7. The van der Waals surface area contributed by atoms with Crippen LogP contribution in [-0.2, 0) is 22.4 Å². The van der Waals surface area contributed by atoms with Crippen molar-refractivity contribution in [3.8, 4) is 0 Å². The van der Waals surface area contributed by atoms with Crippen LogP contribution in [0.3, 0.4) is 0 Å². The van der Waals surface area contributed by atoms with E-state index in [1.165, 1.54) is 33.9 Å². The molecule has 0 saturated carbocycles. The van der Waals surface area contributed by atoms with Gasteiger partial charge in [0.25, 0.3) is 0 Å². The molecular formula is C32H32N6O5. The number of rotatable bonds is 9. The molecule has 11 nitrogen and oxygen atoms in total. The standard InChI is InChI=1S/C32H32N6O5/c1-19-2-4-20(5-3-19)14-21-6-10-23(11-7-21)36-26(40)15-22-8-12-24(13-9-22)37-30-27-31(34-17-33-30)38(18-35-27)32-29(42)28(41)25(16-39)43-32/h2-13,17-18,25,28-29,32,39,41-42H,14-16H2,1H3,(H,36,40)(H,33,34,37). The van der Waals surface area contributed by atoms with Crippen LogP contribution in [0.25, 0.3) is 11.2 Å². The van der Waals surface area contributed by atoms with Crippen LogP contribution in [0, 0.1) is 6.92 Å². The normalized spacial score (nSPS) is 19.9. The van der Waals surface area contributed by atoms with E-state index in [-0.39, 0.29) is 12.3 Å². The molecule has 1 aliphatic heterocycles. The lowest BCUT2D eigenvalue weighted by molar-refractivity contribution is -0.115.